The molecule has 7 nitrogen and oxygen atoms in total. The van der Waals surface area contributed by atoms with Crippen LogP contribution in [0.15, 0.2) is 0 Å². The number of carbonyl (C=O) groups excluding carboxylic acids is 2. The van der Waals surface area contributed by atoms with E-state index in [1.165, 1.54) is 6.92 Å². The van der Waals surface area contributed by atoms with Crippen molar-refractivity contribution in [2.24, 2.45) is 5.92 Å². The lowest BCUT2D eigenvalue weighted by molar-refractivity contribution is -0.140. The number of rotatable bonds is 8. The maximum atomic E-state index is 11.8. The summed E-state index contributed by atoms with van der Waals surface area (Å²) in [7, 11) is 0. The monoisotopic (exact) mass is 315 g/mol. The number of hydrogen-bond donors (Lipinski definition) is 3. The summed E-state index contributed by atoms with van der Waals surface area (Å²) < 4.78 is 0. The Morgan fingerprint density at radius 2 is 1.95 bits per heavy atom. The van der Waals surface area contributed by atoms with Crippen LogP contribution in [0.1, 0.15) is 27.7 Å². The van der Waals surface area contributed by atoms with Gasteiger partial charge in [0.2, 0.25) is 11.8 Å². The summed E-state index contributed by atoms with van der Waals surface area (Å²) in [6, 6.07) is 1.03. The fourth-order valence-corrected chi connectivity index (χ4v) is 2.15. The summed E-state index contributed by atoms with van der Waals surface area (Å²) >= 11 is 1.09. The van der Waals surface area contributed by atoms with Crippen molar-refractivity contribution >= 4 is 29.5 Å². The number of carbonyl (C=O) groups is 3. The zero-order chi connectivity index (χ0) is 16.6. The molecule has 0 bridgehead atoms. The fourth-order valence-electron chi connectivity index (χ4n) is 1.32. The van der Waals surface area contributed by atoms with Crippen molar-refractivity contribution in [1.82, 2.24) is 10.6 Å². The number of aliphatic carboxylic acids is 1. The molecule has 0 aromatic rings. The third kappa shape index (κ3) is 6.99. The highest BCUT2D eigenvalue weighted by Gasteiger charge is 2.30. The Balaban J connectivity index is 4.34. The van der Waals surface area contributed by atoms with E-state index in [-0.39, 0.29) is 23.3 Å². The molecule has 0 radical (unpaired) electrons. The van der Waals surface area contributed by atoms with Crippen LogP contribution < -0.4 is 10.6 Å². The lowest BCUT2D eigenvalue weighted by Gasteiger charge is -2.27. The van der Waals surface area contributed by atoms with Crippen molar-refractivity contribution in [3.05, 3.63) is 0 Å². The van der Waals surface area contributed by atoms with E-state index < -0.39 is 23.5 Å². The maximum Gasteiger partial charge on any atom is 0.327 e. The normalized spacial score (nSPS) is 14.7. The second-order valence-corrected chi connectivity index (χ2v) is 6.15. The molecule has 2 atom stereocenters. The molecule has 8 heteroatoms. The van der Waals surface area contributed by atoms with Crippen LogP contribution in [-0.2, 0) is 14.4 Å². The molecular weight excluding hydrogens is 294 g/mol. The second-order valence-electron chi connectivity index (χ2n) is 5.12. The molecule has 0 saturated carbocycles. The third-order valence-electron chi connectivity index (χ3n) is 2.98. The summed E-state index contributed by atoms with van der Waals surface area (Å²) in [6.07, 6.45) is 0. The quantitative estimate of drug-likeness (QED) is 0.595. The first-order valence-corrected chi connectivity index (χ1v) is 7.57. The summed E-state index contributed by atoms with van der Waals surface area (Å²) in [5.41, 5.74) is -0.957. The standard InChI is InChI=1S/C13H21N3O4S/c1-8(2)13(4,7-14)16-11(18)6-21-5-10(12(19)20)15-9(3)17/h8,10H,5-6H2,1-4H3,(H,15,17)(H,16,18)(H,19,20). The van der Waals surface area contributed by atoms with E-state index in [4.69, 9.17) is 10.4 Å². The molecule has 0 aromatic heterocycles. The minimum Gasteiger partial charge on any atom is -0.480 e. The Morgan fingerprint density at radius 3 is 2.33 bits per heavy atom. The lowest BCUT2D eigenvalue weighted by atomic mass is 9.90. The second kappa shape index (κ2) is 8.52. The van der Waals surface area contributed by atoms with Crippen molar-refractivity contribution in [2.75, 3.05) is 11.5 Å². The predicted molar refractivity (Wildman–Crippen MR) is 79.6 cm³/mol. The fraction of sp³-hybridized carbons (Fsp3) is 0.692. The smallest absolute Gasteiger partial charge is 0.327 e. The summed E-state index contributed by atoms with van der Waals surface area (Å²) in [5, 5.41) is 22.9. The first-order chi connectivity index (χ1) is 9.62. The number of carboxylic acid groups (broad SMARTS) is 1. The molecule has 0 aliphatic heterocycles. The van der Waals surface area contributed by atoms with Gasteiger partial charge in [-0.2, -0.15) is 5.26 Å². The van der Waals surface area contributed by atoms with Crippen molar-refractivity contribution in [2.45, 2.75) is 39.3 Å². The van der Waals surface area contributed by atoms with E-state index >= 15 is 0 Å². The first kappa shape index (κ1) is 19.2. The van der Waals surface area contributed by atoms with E-state index in [1.54, 1.807) is 6.92 Å². The molecule has 0 spiro atoms. The van der Waals surface area contributed by atoms with Crippen LogP contribution in [-0.4, -0.2) is 46.0 Å². The topological polar surface area (TPSA) is 119 Å². The average Bonchev–Trinajstić information content (AvgIpc) is 2.36. The van der Waals surface area contributed by atoms with Gasteiger partial charge in [0.1, 0.15) is 11.6 Å². The molecular formula is C13H21N3O4S. The van der Waals surface area contributed by atoms with E-state index in [0.717, 1.165) is 11.8 Å². The van der Waals surface area contributed by atoms with Crippen LogP contribution in [0.25, 0.3) is 0 Å². The molecule has 21 heavy (non-hydrogen) atoms. The van der Waals surface area contributed by atoms with Gasteiger partial charge >= 0.3 is 5.97 Å². The largest absolute Gasteiger partial charge is 0.480 e. The van der Waals surface area contributed by atoms with Crippen molar-refractivity contribution in [1.29, 1.82) is 5.26 Å². The van der Waals surface area contributed by atoms with Crippen molar-refractivity contribution in [3.63, 3.8) is 0 Å². The van der Waals surface area contributed by atoms with Gasteiger partial charge in [-0.05, 0) is 12.8 Å². The Kier molecular flexibility index (Phi) is 7.81. The Morgan fingerprint density at radius 1 is 1.38 bits per heavy atom. The summed E-state index contributed by atoms with van der Waals surface area (Å²) in [4.78, 5) is 33.5. The SMILES string of the molecule is CC(=O)NC(CSCC(=O)NC(C)(C#N)C(C)C)C(=O)O. The van der Waals surface area contributed by atoms with Gasteiger partial charge in [0.15, 0.2) is 0 Å². The average molecular weight is 315 g/mol. The summed E-state index contributed by atoms with van der Waals surface area (Å²) in [5.74, 6) is -1.89. The number of nitrogens with one attached hydrogen (secondary N) is 2. The van der Waals surface area contributed by atoms with Crippen LogP contribution in [0.2, 0.25) is 0 Å². The van der Waals surface area contributed by atoms with E-state index in [2.05, 4.69) is 16.7 Å². The van der Waals surface area contributed by atoms with E-state index in [9.17, 15) is 14.4 Å². The van der Waals surface area contributed by atoms with Crippen molar-refractivity contribution < 1.29 is 19.5 Å². The number of carboxylic acids is 1. The minimum absolute atomic E-state index is 0.0212. The number of hydrogen-bond acceptors (Lipinski definition) is 5. The third-order valence-corrected chi connectivity index (χ3v) is 4.01. The minimum atomic E-state index is -1.15. The highest BCUT2D eigenvalue weighted by Crippen LogP contribution is 2.15. The molecule has 0 fully saturated rings. The number of thioether (sulfide) groups is 1. The number of nitriles is 1. The molecule has 0 aliphatic rings. The van der Waals surface area contributed by atoms with Gasteiger partial charge < -0.3 is 15.7 Å². The van der Waals surface area contributed by atoms with E-state index in [1.807, 2.05) is 13.8 Å². The molecule has 0 saturated heterocycles. The van der Waals surface area contributed by atoms with Gasteiger partial charge in [-0.1, -0.05) is 13.8 Å². The van der Waals surface area contributed by atoms with Gasteiger partial charge in [-0.3, -0.25) is 9.59 Å². The summed E-state index contributed by atoms with van der Waals surface area (Å²) in [6.45, 7) is 6.52. The Labute approximate surface area is 128 Å². The van der Waals surface area contributed by atoms with Gasteiger partial charge in [-0.25, -0.2) is 4.79 Å². The number of amides is 2. The highest BCUT2D eigenvalue weighted by atomic mass is 32.2. The maximum absolute atomic E-state index is 11.8. The molecule has 0 aromatic carbocycles. The van der Waals surface area contributed by atoms with Gasteiger partial charge in [0, 0.05) is 12.7 Å². The zero-order valence-corrected chi connectivity index (χ0v) is 13.4. The molecule has 0 rings (SSSR count). The lowest BCUT2D eigenvalue weighted by Crippen LogP contribution is -2.49. The van der Waals surface area contributed by atoms with Crippen LogP contribution >= 0.6 is 11.8 Å². The Bertz CT molecular complexity index is 447. The molecule has 0 heterocycles. The van der Waals surface area contributed by atoms with Gasteiger partial charge in [0.25, 0.3) is 0 Å². The van der Waals surface area contributed by atoms with Crippen LogP contribution in [0.3, 0.4) is 0 Å². The van der Waals surface area contributed by atoms with Crippen LogP contribution in [0.5, 0.6) is 0 Å². The molecule has 2 amide bonds. The first-order valence-electron chi connectivity index (χ1n) is 6.42. The number of nitrogens with zero attached hydrogens (tertiary/aromatic N) is 1. The molecule has 2 unspecified atom stereocenters. The van der Waals surface area contributed by atoms with Gasteiger partial charge in [0.05, 0.1) is 11.8 Å². The molecule has 3 N–H and O–H groups in total. The van der Waals surface area contributed by atoms with Crippen molar-refractivity contribution in [3.8, 4) is 6.07 Å². The molecule has 118 valence electrons. The van der Waals surface area contributed by atoms with Crippen LogP contribution in [0, 0.1) is 17.2 Å². The highest BCUT2D eigenvalue weighted by molar-refractivity contribution is 8.00. The zero-order valence-electron chi connectivity index (χ0n) is 12.6. The van der Waals surface area contributed by atoms with Crippen LogP contribution in [0.4, 0.5) is 0 Å². The Hall–Kier alpha value is -1.75. The van der Waals surface area contributed by atoms with E-state index in [0.29, 0.717) is 0 Å². The predicted octanol–water partition coefficient (Wildman–Crippen LogP) is 0.363. The molecule has 0 aliphatic carbocycles. The van der Waals surface area contributed by atoms with Gasteiger partial charge in [-0.15, -0.1) is 11.8 Å².